The van der Waals surface area contributed by atoms with Crippen molar-refractivity contribution in [3.05, 3.63) is 77.1 Å². The summed E-state index contributed by atoms with van der Waals surface area (Å²) in [7, 11) is 1.56. The predicted molar refractivity (Wildman–Crippen MR) is 93.7 cm³/mol. The van der Waals surface area contributed by atoms with Crippen LogP contribution in [0.25, 0.3) is 0 Å². The number of amides is 1. The van der Waals surface area contributed by atoms with Crippen LogP contribution in [0.5, 0.6) is 5.75 Å². The maximum Gasteiger partial charge on any atom is 0.255 e. The fourth-order valence-electron chi connectivity index (χ4n) is 2.26. The molecule has 122 valence electrons. The number of methoxy groups -OCH3 is 1. The van der Waals surface area contributed by atoms with Crippen LogP contribution in [0.1, 0.15) is 15.9 Å². The Labute approximate surface area is 144 Å². The van der Waals surface area contributed by atoms with Gasteiger partial charge in [0.2, 0.25) is 0 Å². The summed E-state index contributed by atoms with van der Waals surface area (Å²) in [6.07, 6.45) is 3.63. The molecule has 0 spiro atoms. The van der Waals surface area contributed by atoms with Crippen LogP contribution in [0.2, 0.25) is 5.02 Å². The summed E-state index contributed by atoms with van der Waals surface area (Å²) < 4.78 is 6.97. The molecule has 0 radical (unpaired) electrons. The van der Waals surface area contributed by atoms with Gasteiger partial charge in [-0.3, -0.25) is 9.48 Å². The van der Waals surface area contributed by atoms with Gasteiger partial charge in [-0.2, -0.15) is 5.10 Å². The van der Waals surface area contributed by atoms with Crippen molar-refractivity contribution in [2.24, 2.45) is 0 Å². The number of halogens is 1. The van der Waals surface area contributed by atoms with Crippen LogP contribution in [0.15, 0.2) is 60.9 Å². The first-order valence-electron chi connectivity index (χ1n) is 7.37. The maximum atomic E-state index is 12.4. The first kappa shape index (κ1) is 16.1. The van der Waals surface area contributed by atoms with E-state index < -0.39 is 0 Å². The highest BCUT2D eigenvalue weighted by Crippen LogP contribution is 2.27. The molecule has 2 aromatic carbocycles. The second-order valence-corrected chi connectivity index (χ2v) is 5.61. The summed E-state index contributed by atoms with van der Waals surface area (Å²) in [5.41, 5.74) is 2.13. The van der Waals surface area contributed by atoms with Gasteiger partial charge < -0.3 is 10.1 Å². The highest BCUT2D eigenvalue weighted by atomic mass is 35.5. The Hall–Kier alpha value is -2.79. The van der Waals surface area contributed by atoms with E-state index in [4.69, 9.17) is 16.3 Å². The van der Waals surface area contributed by atoms with E-state index in [9.17, 15) is 4.79 Å². The summed E-state index contributed by atoms with van der Waals surface area (Å²) in [4.78, 5) is 12.4. The van der Waals surface area contributed by atoms with E-state index in [0.29, 0.717) is 28.6 Å². The van der Waals surface area contributed by atoms with Gasteiger partial charge >= 0.3 is 0 Å². The van der Waals surface area contributed by atoms with E-state index in [1.54, 1.807) is 43.6 Å². The number of carbonyl (C=O) groups excluding carboxylic acids is 1. The van der Waals surface area contributed by atoms with Crippen LogP contribution >= 0.6 is 11.6 Å². The maximum absolute atomic E-state index is 12.4. The third kappa shape index (κ3) is 3.75. The van der Waals surface area contributed by atoms with E-state index >= 15 is 0 Å². The Morgan fingerprint density at radius 2 is 2.04 bits per heavy atom. The van der Waals surface area contributed by atoms with Crippen LogP contribution < -0.4 is 10.1 Å². The van der Waals surface area contributed by atoms with Crippen LogP contribution in [0.4, 0.5) is 5.69 Å². The van der Waals surface area contributed by atoms with Gasteiger partial charge in [0.15, 0.2) is 0 Å². The number of benzene rings is 2. The Morgan fingerprint density at radius 3 is 2.71 bits per heavy atom. The van der Waals surface area contributed by atoms with Gasteiger partial charge in [-0.1, -0.05) is 23.7 Å². The number of anilines is 1. The molecule has 3 rings (SSSR count). The summed E-state index contributed by atoms with van der Waals surface area (Å²) in [6.45, 7) is 0.663. The summed E-state index contributed by atoms with van der Waals surface area (Å²) in [5.74, 6) is 0.403. The molecule has 0 aliphatic rings. The Morgan fingerprint density at radius 1 is 1.25 bits per heavy atom. The zero-order valence-electron chi connectivity index (χ0n) is 13.1. The molecule has 0 aliphatic carbocycles. The molecule has 0 atom stereocenters. The molecular formula is C18H16ClN3O2. The number of nitrogens with zero attached hydrogens (tertiary/aromatic N) is 2. The monoisotopic (exact) mass is 341 g/mol. The van der Waals surface area contributed by atoms with E-state index in [1.165, 1.54) is 0 Å². The number of nitrogens with one attached hydrogen (secondary N) is 1. The number of aromatic nitrogens is 2. The van der Waals surface area contributed by atoms with Gasteiger partial charge in [0, 0.05) is 24.0 Å². The van der Waals surface area contributed by atoms with Crippen LogP contribution in [-0.4, -0.2) is 22.8 Å². The molecule has 0 saturated heterocycles. The largest absolute Gasteiger partial charge is 0.497 e. The fraction of sp³-hybridized carbons (Fsp3) is 0.111. The Kier molecular flexibility index (Phi) is 4.82. The molecule has 0 bridgehead atoms. The number of hydrogen-bond acceptors (Lipinski definition) is 3. The first-order valence-corrected chi connectivity index (χ1v) is 7.75. The van der Waals surface area contributed by atoms with Crippen molar-refractivity contribution in [3.8, 4) is 5.75 Å². The lowest BCUT2D eigenvalue weighted by Gasteiger charge is -2.09. The number of rotatable bonds is 5. The lowest BCUT2D eigenvalue weighted by atomic mass is 10.1. The second kappa shape index (κ2) is 7.19. The third-order valence-electron chi connectivity index (χ3n) is 3.54. The van der Waals surface area contributed by atoms with Crippen LogP contribution in [-0.2, 0) is 6.54 Å². The molecule has 1 amide bonds. The topological polar surface area (TPSA) is 56.1 Å². The normalized spacial score (nSPS) is 10.4. The fourth-order valence-corrected chi connectivity index (χ4v) is 2.43. The Bertz CT molecular complexity index is 830. The van der Waals surface area contributed by atoms with Gasteiger partial charge in [-0.25, -0.2) is 0 Å². The minimum atomic E-state index is -0.226. The molecule has 1 heterocycles. The highest BCUT2D eigenvalue weighted by molar-refractivity contribution is 6.34. The van der Waals surface area contributed by atoms with Gasteiger partial charge in [-0.15, -0.1) is 0 Å². The van der Waals surface area contributed by atoms with Crippen molar-refractivity contribution in [2.75, 3.05) is 12.4 Å². The van der Waals surface area contributed by atoms with Crippen LogP contribution in [0, 0.1) is 0 Å². The lowest BCUT2D eigenvalue weighted by molar-refractivity contribution is 0.102. The zero-order valence-corrected chi connectivity index (χ0v) is 13.8. The average molecular weight is 342 g/mol. The molecule has 1 N–H and O–H groups in total. The summed E-state index contributed by atoms with van der Waals surface area (Å²) in [6, 6.07) is 14.4. The lowest BCUT2D eigenvalue weighted by Crippen LogP contribution is -2.12. The van der Waals surface area contributed by atoms with Gasteiger partial charge in [0.1, 0.15) is 5.75 Å². The van der Waals surface area contributed by atoms with Crippen molar-refractivity contribution in [1.82, 2.24) is 9.78 Å². The molecule has 1 aromatic heterocycles. The van der Waals surface area contributed by atoms with Gasteiger partial charge in [0.25, 0.3) is 5.91 Å². The minimum Gasteiger partial charge on any atom is -0.497 e. The standard InChI is InChI=1S/C18H16ClN3O2/c1-24-15-7-8-16(19)17(11-15)21-18(23)14-5-3-13(4-6-14)12-22-10-2-9-20-22/h2-11H,12H2,1H3,(H,21,23). The number of carbonyl (C=O) groups is 1. The van der Waals surface area contributed by atoms with E-state index in [2.05, 4.69) is 10.4 Å². The second-order valence-electron chi connectivity index (χ2n) is 5.20. The first-order chi connectivity index (χ1) is 11.7. The van der Waals surface area contributed by atoms with E-state index in [1.807, 2.05) is 29.1 Å². The summed E-state index contributed by atoms with van der Waals surface area (Å²) in [5, 5.41) is 7.42. The molecule has 5 nitrogen and oxygen atoms in total. The highest BCUT2D eigenvalue weighted by Gasteiger charge is 2.10. The molecule has 0 fully saturated rings. The minimum absolute atomic E-state index is 0.226. The van der Waals surface area contributed by atoms with Gasteiger partial charge in [0.05, 0.1) is 24.4 Å². The average Bonchev–Trinajstić information content (AvgIpc) is 3.10. The van der Waals surface area contributed by atoms with Crippen molar-refractivity contribution < 1.29 is 9.53 Å². The predicted octanol–water partition coefficient (Wildman–Crippen LogP) is 3.85. The third-order valence-corrected chi connectivity index (χ3v) is 3.87. The molecule has 0 saturated carbocycles. The number of hydrogen-bond donors (Lipinski definition) is 1. The molecular weight excluding hydrogens is 326 g/mol. The van der Waals surface area contributed by atoms with E-state index in [-0.39, 0.29) is 5.91 Å². The molecule has 24 heavy (non-hydrogen) atoms. The molecule has 3 aromatic rings. The molecule has 0 unspecified atom stereocenters. The van der Waals surface area contributed by atoms with E-state index in [0.717, 1.165) is 5.56 Å². The van der Waals surface area contributed by atoms with Crippen molar-refractivity contribution in [3.63, 3.8) is 0 Å². The van der Waals surface area contributed by atoms with Crippen molar-refractivity contribution >= 4 is 23.2 Å². The summed E-state index contributed by atoms with van der Waals surface area (Å²) >= 11 is 6.11. The Balaban J connectivity index is 1.71. The SMILES string of the molecule is COc1ccc(Cl)c(NC(=O)c2ccc(Cn3cccn3)cc2)c1. The van der Waals surface area contributed by atoms with Crippen molar-refractivity contribution in [2.45, 2.75) is 6.54 Å². The van der Waals surface area contributed by atoms with Crippen LogP contribution in [0.3, 0.4) is 0 Å². The molecule has 0 aliphatic heterocycles. The zero-order chi connectivity index (χ0) is 16.9. The van der Waals surface area contributed by atoms with Gasteiger partial charge in [-0.05, 0) is 35.9 Å². The van der Waals surface area contributed by atoms with Crippen molar-refractivity contribution in [1.29, 1.82) is 0 Å². The number of ether oxygens (including phenoxy) is 1. The molecule has 6 heteroatoms. The quantitative estimate of drug-likeness (QED) is 0.767. The smallest absolute Gasteiger partial charge is 0.255 e.